The van der Waals surface area contributed by atoms with Crippen molar-refractivity contribution in [2.75, 3.05) is 6.54 Å². The molecule has 0 aromatic heterocycles. The van der Waals surface area contributed by atoms with Crippen LogP contribution >= 0.6 is 0 Å². The van der Waals surface area contributed by atoms with Gasteiger partial charge < -0.3 is 26.2 Å². The van der Waals surface area contributed by atoms with Gasteiger partial charge in [0.15, 0.2) is 0 Å². The van der Waals surface area contributed by atoms with Crippen LogP contribution in [0.3, 0.4) is 0 Å². The summed E-state index contributed by atoms with van der Waals surface area (Å²) >= 11 is 0. The Kier molecular flexibility index (Phi) is 10.0. The van der Waals surface area contributed by atoms with Gasteiger partial charge in [-0.25, -0.2) is 4.79 Å². The number of rotatable bonds is 12. The normalized spacial score (nSPS) is 12.4. The number of aliphatic hydroxyl groups is 1. The van der Waals surface area contributed by atoms with E-state index in [1.165, 1.54) is 0 Å². The summed E-state index contributed by atoms with van der Waals surface area (Å²) in [4.78, 5) is 35.5. The highest BCUT2D eigenvalue weighted by molar-refractivity contribution is 5.86. The Morgan fingerprint density at radius 3 is 2.19 bits per heavy atom. The second-order valence-electron chi connectivity index (χ2n) is 7.20. The quantitative estimate of drug-likeness (QED) is 0.409. The van der Waals surface area contributed by atoms with Gasteiger partial charge in [-0.2, -0.15) is 0 Å². The molecule has 0 spiro atoms. The summed E-state index contributed by atoms with van der Waals surface area (Å²) in [6.07, 6.45) is -0.258. The first kappa shape index (κ1) is 23.9. The summed E-state index contributed by atoms with van der Waals surface area (Å²) in [6.45, 7) is -0.0528. The average molecular weight is 428 g/mol. The number of carbonyl (C=O) groups is 3. The van der Waals surface area contributed by atoms with Gasteiger partial charge in [-0.05, 0) is 30.4 Å². The molecule has 3 amide bonds. The van der Waals surface area contributed by atoms with Crippen molar-refractivity contribution in [1.82, 2.24) is 10.6 Å². The molecule has 0 heterocycles. The van der Waals surface area contributed by atoms with Gasteiger partial charge in [-0.15, -0.1) is 0 Å². The summed E-state index contributed by atoms with van der Waals surface area (Å²) in [5.74, 6) is -1.14. The molecule has 166 valence electrons. The Morgan fingerprint density at radius 1 is 0.968 bits per heavy atom. The molecule has 2 aromatic rings. The van der Waals surface area contributed by atoms with Crippen LogP contribution in [0.5, 0.6) is 0 Å². The highest BCUT2D eigenvalue weighted by Gasteiger charge is 2.20. The molecule has 2 rings (SSSR count). The highest BCUT2D eigenvalue weighted by atomic mass is 16.5. The lowest BCUT2D eigenvalue weighted by Gasteiger charge is -2.17. The summed E-state index contributed by atoms with van der Waals surface area (Å²) in [5, 5.41) is 14.9. The monoisotopic (exact) mass is 427 g/mol. The standard InChI is InChI=1S/C23H29N3O5/c24-22(29)20(13-7-12-17-8-3-1-4-9-17)26-21(28)14-19(27)15-25-23(30)31-16-18-10-5-2-6-11-18/h1-6,8-11,19-20,27H,7,12-16H2,(H2,24,29)(H,25,30)(H,26,28)/t19-,20+/m0/s1. The molecule has 8 heteroatoms. The van der Waals surface area contributed by atoms with E-state index in [4.69, 9.17) is 10.5 Å². The summed E-state index contributed by atoms with van der Waals surface area (Å²) in [7, 11) is 0. The van der Waals surface area contributed by atoms with Gasteiger partial charge in [0.2, 0.25) is 11.8 Å². The maximum atomic E-state index is 12.1. The minimum absolute atomic E-state index is 0.104. The summed E-state index contributed by atoms with van der Waals surface area (Å²) < 4.78 is 5.04. The third kappa shape index (κ3) is 9.77. The zero-order chi connectivity index (χ0) is 22.5. The fraction of sp³-hybridized carbons (Fsp3) is 0.348. The Morgan fingerprint density at radius 2 is 1.58 bits per heavy atom. The lowest BCUT2D eigenvalue weighted by Crippen LogP contribution is -2.46. The van der Waals surface area contributed by atoms with Gasteiger partial charge in [-0.3, -0.25) is 9.59 Å². The van der Waals surface area contributed by atoms with E-state index in [0.717, 1.165) is 17.5 Å². The van der Waals surface area contributed by atoms with Gasteiger partial charge in [-0.1, -0.05) is 60.7 Å². The van der Waals surface area contributed by atoms with Crippen molar-refractivity contribution < 1.29 is 24.2 Å². The first-order valence-electron chi connectivity index (χ1n) is 10.2. The number of hydrogen-bond donors (Lipinski definition) is 4. The van der Waals surface area contributed by atoms with Gasteiger partial charge in [0, 0.05) is 6.54 Å². The predicted molar refractivity (Wildman–Crippen MR) is 116 cm³/mol. The first-order valence-corrected chi connectivity index (χ1v) is 10.2. The van der Waals surface area contributed by atoms with Crippen LogP contribution in [0.2, 0.25) is 0 Å². The third-order valence-electron chi connectivity index (χ3n) is 4.60. The van der Waals surface area contributed by atoms with Crippen molar-refractivity contribution in [2.24, 2.45) is 5.73 Å². The van der Waals surface area contributed by atoms with Crippen LogP contribution in [-0.2, 0) is 27.4 Å². The average Bonchev–Trinajstić information content (AvgIpc) is 2.77. The van der Waals surface area contributed by atoms with E-state index in [-0.39, 0.29) is 19.6 Å². The molecule has 0 aliphatic carbocycles. The number of aryl methyl sites for hydroxylation is 1. The zero-order valence-corrected chi connectivity index (χ0v) is 17.3. The Balaban J connectivity index is 1.66. The largest absolute Gasteiger partial charge is 0.445 e. The lowest BCUT2D eigenvalue weighted by molar-refractivity contribution is -0.128. The predicted octanol–water partition coefficient (Wildman–Crippen LogP) is 1.66. The van der Waals surface area contributed by atoms with E-state index in [0.29, 0.717) is 12.8 Å². The lowest BCUT2D eigenvalue weighted by atomic mass is 10.0. The Hall–Kier alpha value is -3.39. The van der Waals surface area contributed by atoms with E-state index in [9.17, 15) is 19.5 Å². The van der Waals surface area contributed by atoms with Gasteiger partial charge in [0.1, 0.15) is 12.6 Å². The Bertz CT molecular complexity index is 830. The van der Waals surface area contributed by atoms with E-state index < -0.39 is 30.1 Å². The number of carbonyl (C=O) groups excluding carboxylic acids is 3. The molecular formula is C23H29N3O5. The molecule has 0 aliphatic rings. The molecule has 0 radical (unpaired) electrons. The third-order valence-corrected chi connectivity index (χ3v) is 4.60. The molecule has 2 atom stereocenters. The molecule has 0 fully saturated rings. The number of aliphatic hydroxyl groups excluding tert-OH is 1. The van der Waals surface area contributed by atoms with Crippen LogP contribution < -0.4 is 16.4 Å². The van der Waals surface area contributed by atoms with Crippen LogP contribution in [0.4, 0.5) is 4.79 Å². The van der Waals surface area contributed by atoms with Gasteiger partial charge in [0.25, 0.3) is 0 Å². The smallest absolute Gasteiger partial charge is 0.407 e. The van der Waals surface area contributed by atoms with Gasteiger partial charge >= 0.3 is 6.09 Å². The van der Waals surface area contributed by atoms with Crippen LogP contribution in [0.15, 0.2) is 60.7 Å². The van der Waals surface area contributed by atoms with Crippen molar-refractivity contribution >= 4 is 17.9 Å². The van der Waals surface area contributed by atoms with Crippen molar-refractivity contribution in [3.8, 4) is 0 Å². The molecule has 0 unspecified atom stereocenters. The van der Waals surface area contributed by atoms with Crippen LogP contribution in [0.25, 0.3) is 0 Å². The van der Waals surface area contributed by atoms with Crippen LogP contribution in [0.1, 0.15) is 30.4 Å². The highest BCUT2D eigenvalue weighted by Crippen LogP contribution is 2.07. The molecule has 0 bridgehead atoms. The second-order valence-corrected chi connectivity index (χ2v) is 7.20. The molecule has 5 N–H and O–H groups in total. The van der Waals surface area contributed by atoms with Crippen molar-refractivity contribution in [2.45, 2.75) is 44.4 Å². The maximum absolute atomic E-state index is 12.1. The number of nitrogens with one attached hydrogen (secondary N) is 2. The molecule has 0 saturated heterocycles. The number of nitrogens with two attached hydrogens (primary N) is 1. The summed E-state index contributed by atoms with van der Waals surface area (Å²) in [6, 6.07) is 18.1. The fourth-order valence-electron chi connectivity index (χ4n) is 2.96. The number of hydrogen-bond acceptors (Lipinski definition) is 5. The molecule has 0 saturated carbocycles. The molecule has 31 heavy (non-hydrogen) atoms. The van der Waals surface area contributed by atoms with E-state index >= 15 is 0 Å². The zero-order valence-electron chi connectivity index (χ0n) is 17.3. The number of ether oxygens (including phenoxy) is 1. The van der Waals surface area contributed by atoms with Crippen molar-refractivity contribution in [3.05, 3.63) is 71.8 Å². The van der Waals surface area contributed by atoms with Gasteiger partial charge in [0.05, 0.1) is 12.5 Å². The van der Waals surface area contributed by atoms with Crippen LogP contribution in [0, 0.1) is 0 Å². The minimum atomic E-state index is -1.12. The minimum Gasteiger partial charge on any atom is -0.445 e. The van der Waals surface area contributed by atoms with E-state index in [1.54, 1.807) is 0 Å². The number of alkyl carbamates (subject to hydrolysis) is 1. The first-order chi connectivity index (χ1) is 14.9. The van der Waals surface area contributed by atoms with Crippen LogP contribution in [-0.4, -0.2) is 41.7 Å². The molecule has 8 nitrogen and oxygen atoms in total. The van der Waals surface area contributed by atoms with Crippen molar-refractivity contribution in [3.63, 3.8) is 0 Å². The number of primary amides is 1. The molecular weight excluding hydrogens is 398 g/mol. The second kappa shape index (κ2) is 13.0. The van der Waals surface area contributed by atoms with Crippen molar-refractivity contribution in [1.29, 1.82) is 0 Å². The maximum Gasteiger partial charge on any atom is 0.407 e. The SMILES string of the molecule is NC(=O)[C@@H](CCCc1ccccc1)NC(=O)C[C@H](O)CNC(=O)OCc1ccccc1. The number of amides is 3. The topological polar surface area (TPSA) is 131 Å². The molecule has 2 aromatic carbocycles. The Labute approximate surface area is 181 Å². The summed E-state index contributed by atoms with van der Waals surface area (Å²) in [5.41, 5.74) is 7.36. The van der Waals surface area contributed by atoms with E-state index in [1.807, 2.05) is 60.7 Å². The van der Waals surface area contributed by atoms with E-state index in [2.05, 4.69) is 10.6 Å². The number of benzene rings is 2. The molecule has 0 aliphatic heterocycles. The fourth-order valence-corrected chi connectivity index (χ4v) is 2.96.